The predicted octanol–water partition coefficient (Wildman–Crippen LogP) is 16.0. The monoisotopic (exact) mass is 1950 g/mol. The smallest absolute Gasteiger partial charge is 0.238 e. The van der Waals surface area contributed by atoms with E-state index < -0.39 is 35.9 Å². The number of primary sulfonamides is 2. The molecule has 36 nitrogen and oxygen atoms in total. The number of aliphatic hydroxyl groups excluding tert-OH is 1. The van der Waals surface area contributed by atoms with Crippen LogP contribution >= 0.6 is 11.6 Å². The number of fused-ring (bicyclic) bond motifs is 5. The Hall–Kier alpha value is -16.9. The molecule has 0 aliphatic heterocycles. The zero-order chi connectivity index (χ0) is 97.3. The normalized spacial score (nSPS) is 11.3. The molecule has 0 amide bonds. The van der Waals surface area contributed by atoms with Crippen molar-refractivity contribution in [1.82, 2.24) is 71.8 Å². The summed E-state index contributed by atoms with van der Waals surface area (Å²) >= 11 is 6.03. The molecular weight excluding hydrogens is 1860 g/mol. The van der Waals surface area contributed by atoms with Crippen LogP contribution in [0, 0.1) is 5.82 Å². The summed E-state index contributed by atoms with van der Waals surface area (Å²) in [6.07, 6.45) is 28.9. The fourth-order valence-corrected chi connectivity index (χ4v) is 16.5. The third kappa shape index (κ3) is 23.4. The second kappa shape index (κ2) is 42.8. The molecule has 0 saturated heterocycles. The summed E-state index contributed by atoms with van der Waals surface area (Å²) in [5, 5.41) is 55.4. The number of methoxy groups -OCH3 is 3. The molecule has 0 saturated carbocycles. The van der Waals surface area contributed by atoms with Gasteiger partial charge >= 0.3 is 0 Å². The number of ether oxygens (including phenoxy) is 3. The standard InChI is InChI=1S/C21H21N5O3S.C20H19N5O3S.C19H15ClN4O.C19H16FN5O3S.C19H18N4O3/c1-29-18-8-6-15(7-9-18)13-23-20-21-24-14-19(26(21)11-10-22-20)16-4-3-5-17(12-16)25-30(2,27)28;21-29(27,28)17-6-4-14(5-7-17)11-23-19-20-24-12-18(25(20)9-8-22-19)16-3-1-2-15(10-16)13-26;20-15-3-1-2-13(10-15)11-22-18-19-23-12-17(24(19)9-8-21-18)14-4-6-16(25)7-5-14;20-16-9-13(26)3-6-15(16)17-11-24-19-18(22-7-8-25(17)19)23-10-12-1-4-14(5-2-12)29(21,27)28;1-24-16-6-5-13(10-17(16)25-2)15-12-22-19-18(20-7-8-23(15)19)21-11-14-4-3-9-26-14/h3-12,14,25H,13H2,1-2H3,(H,22,23);1-10,12,26H,11,13H2,(H,22,23)(H2,21,27,28);1-10,12,25H,11H2,(H,21,22);1-9,11,26H,10H2,(H,22,23)(H2,21,27,28);3-10,12H,11H2,1-2H3,(H,20,21). The van der Waals surface area contributed by atoms with Crippen molar-refractivity contribution >= 4 is 105 Å². The lowest BCUT2D eigenvalue weighted by Gasteiger charge is -2.10. The van der Waals surface area contributed by atoms with Crippen LogP contribution in [0.25, 0.3) is 84.5 Å². The lowest BCUT2D eigenvalue weighted by molar-refractivity contribution is 0.282. The van der Waals surface area contributed by atoms with Crippen LogP contribution in [0.15, 0.2) is 332 Å². The van der Waals surface area contributed by atoms with E-state index in [-0.39, 0.29) is 27.9 Å². The Morgan fingerprint density at radius 2 is 0.791 bits per heavy atom. The maximum Gasteiger partial charge on any atom is 0.238 e. The molecule has 20 aromatic rings. The van der Waals surface area contributed by atoms with Crippen molar-refractivity contribution in [3.63, 3.8) is 0 Å². The molecule has 41 heteroatoms. The van der Waals surface area contributed by atoms with Crippen LogP contribution in [-0.4, -0.2) is 140 Å². The molecule has 11 heterocycles. The zero-order valence-electron chi connectivity index (χ0n) is 74.5. The van der Waals surface area contributed by atoms with E-state index in [4.69, 9.17) is 40.5 Å². The van der Waals surface area contributed by atoms with Gasteiger partial charge in [0.2, 0.25) is 30.1 Å². The van der Waals surface area contributed by atoms with Crippen molar-refractivity contribution in [3.05, 3.63) is 362 Å². The minimum atomic E-state index is -3.74. The number of phenolic OH excluding ortho intramolecular Hbond substituents is 2. The third-order valence-corrected chi connectivity index (χ3v) is 24.2. The van der Waals surface area contributed by atoms with Gasteiger partial charge in [0.05, 0.1) is 116 Å². The number of anilines is 6. The molecular formula is C98H89ClFN23O13S3. The van der Waals surface area contributed by atoms with Crippen molar-refractivity contribution in [2.24, 2.45) is 10.3 Å². The Balaban J connectivity index is 0.000000126. The molecule has 9 aromatic carbocycles. The van der Waals surface area contributed by atoms with Gasteiger partial charge in [-0.25, -0.2) is 89.8 Å². The van der Waals surface area contributed by atoms with Crippen LogP contribution < -0.4 is 55.8 Å². The number of aromatic hydroxyl groups is 2. The van der Waals surface area contributed by atoms with Crippen LogP contribution in [0.1, 0.15) is 33.6 Å². The van der Waals surface area contributed by atoms with Gasteiger partial charge in [-0.2, -0.15) is 0 Å². The Kier molecular flexibility index (Phi) is 29.3. The van der Waals surface area contributed by atoms with E-state index in [2.05, 4.69) is 81.1 Å². The summed E-state index contributed by atoms with van der Waals surface area (Å²) in [6, 6.07) is 63.3. The number of hydrogen-bond donors (Lipinski definition) is 11. The van der Waals surface area contributed by atoms with Gasteiger partial charge < -0.3 is 60.5 Å². The second-order valence-electron chi connectivity index (χ2n) is 30.9. The van der Waals surface area contributed by atoms with Gasteiger partial charge in [-0.05, 0) is 161 Å². The SMILES string of the molecule is COc1ccc(-c2cnc3c(NCc4ccco4)nccn23)cc1OC.COc1ccc(CNc2nccn3c(-c4cccc(NS(C)(=O)=O)c4)cnc23)cc1.NS(=O)(=O)c1ccc(CNc2nccn3c(-c4ccc(O)cc4F)cnc23)cc1.NS(=O)(=O)c1ccc(CNc2nccn3c(-c4cccc(CO)c4)cnc23)cc1.Oc1ccc(-c2cnc3c(NCc4cccc(Cl)c4)nccn23)cc1. The highest BCUT2D eigenvalue weighted by molar-refractivity contribution is 7.92. The summed E-state index contributed by atoms with van der Waals surface area (Å²) in [7, 11) is -5.91. The van der Waals surface area contributed by atoms with Crippen molar-refractivity contribution in [3.8, 4) is 85.0 Å². The first kappa shape index (κ1) is 95.3. The fourth-order valence-electron chi connectivity index (χ4n) is 14.7. The third-order valence-electron chi connectivity index (χ3n) is 21.5. The molecule has 0 aliphatic carbocycles. The van der Waals surface area contributed by atoms with Crippen molar-refractivity contribution < 1.29 is 63.6 Å². The van der Waals surface area contributed by atoms with Gasteiger partial charge in [-0.15, -0.1) is 0 Å². The largest absolute Gasteiger partial charge is 0.508 e. The molecule has 139 heavy (non-hydrogen) atoms. The number of furan rings is 1. The number of nitrogens with zero attached hydrogens (tertiary/aromatic N) is 15. The lowest BCUT2D eigenvalue weighted by Crippen LogP contribution is -2.12. The number of aliphatic hydroxyl groups is 1. The number of hydrogen-bond acceptors (Lipinski definition) is 28. The van der Waals surface area contributed by atoms with E-state index in [0.717, 1.165) is 108 Å². The Morgan fingerprint density at radius 3 is 1.22 bits per heavy atom. The number of benzene rings is 9. The summed E-state index contributed by atoms with van der Waals surface area (Å²) in [6.45, 7) is 2.52. The van der Waals surface area contributed by atoms with E-state index in [1.807, 2.05) is 170 Å². The Morgan fingerprint density at radius 1 is 0.388 bits per heavy atom. The number of sulfonamides is 3. The quantitative estimate of drug-likeness (QED) is 0.0217. The maximum absolute atomic E-state index is 14.2. The number of aromatic nitrogens is 15. The minimum absolute atomic E-state index is 0.0246. The first-order valence-electron chi connectivity index (χ1n) is 42.4. The van der Waals surface area contributed by atoms with Crippen molar-refractivity contribution in [2.75, 3.05) is 58.9 Å². The zero-order valence-corrected chi connectivity index (χ0v) is 77.7. The van der Waals surface area contributed by atoms with Gasteiger partial charge in [0, 0.05) is 133 Å². The highest BCUT2D eigenvalue weighted by Crippen LogP contribution is 2.36. The Bertz CT molecular complexity index is 8100. The average molecular weight is 1950 g/mol. The van der Waals surface area contributed by atoms with Crippen LogP contribution in [-0.2, 0) is 69.4 Å². The van der Waals surface area contributed by atoms with E-state index in [9.17, 15) is 45.0 Å². The van der Waals surface area contributed by atoms with Crippen LogP contribution in [0.3, 0.4) is 0 Å². The molecule has 20 rings (SSSR count). The molecule has 11 aromatic heterocycles. The van der Waals surface area contributed by atoms with Gasteiger partial charge in [-0.1, -0.05) is 90.5 Å². The van der Waals surface area contributed by atoms with E-state index in [1.165, 1.54) is 42.6 Å². The first-order valence-corrected chi connectivity index (χ1v) is 47.8. The topological polar surface area (TPSA) is 479 Å². The highest BCUT2D eigenvalue weighted by atomic mass is 35.5. The second-order valence-corrected chi connectivity index (χ2v) is 36.2. The predicted molar refractivity (Wildman–Crippen MR) is 528 cm³/mol. The molecule has 0 fully saturated rings. The fraction of sp³-hybridized carbons (Fsp3) is 0.102. The van der Waals surface area contributed by atoms with Gasteiger partial charge in [0.25, 0.3) is 0 Å². The average Bonchev–Trinajstić information content (AvgIpc) is 1.62. The van der Waals surface area contributed by atoms with Gasteiger partial charge in [0.15, 0.2) is 68.8 Å². The van der Waals surface area contributed by atoms with E-state index in [1.54, 1.807) is 142 Å². The van der Waals surface area contributed by atoms with Crippen molar-refractivity contribution in [2.45, 2.75) is 49.1 Å². The van der Waals surface area contributed by atoms with Crippen LogP contribution in [0.2, 0.25) is 5.02 Å². The molecule has 13 N–H and O–H groups in total. The lowest BCUT2D eigenvalue weighted by atomic mass is 10.1. The summed E-state index contributed by atoms with van der Waals surface area (Å²) in [5.74, 6) is 5.66. The molecule has 0 atom stereocenters. The van der Waals surface area contributed by atoms with E-state index >= 15 is 0 Å². The highest BCUT2D eigenvalue weighted by Gasteiger charge is 2.21. The maximum atomic E-state index is 14.2. The first-order chi connectivity index (χ1) is 67.2. The number of halogens is 2. The van der Waals surface area contributed by atoms with Crippen LogP contribution in [0.5, 0.6) is 28.7 Å². The Labute approximate surface area is 800 Å². The van der Waals surface area contributed by atoms with Crippen molar-refractivity contribution in [1.29, 1.82) is 0 Å². The minimum Gasteiger partial charge on any atom is -0.508 e. The van der Waals surface area contributed by atoms with Gasteiger partial charge in [0.1, 0.15) is 28.8 Å². The molecule has 0 bridgehead atoms. The summed E-state index contributed by atoms with van der Waals surface area (Å²) in [4.78, 5) is 44.3. The van der Waals surface area contributed by atoms with Gasteiger partial charge in [-0.3, -0.25) is 26.7 Å². The number of phenols is 2. The molecule has 706 valence electrons. The number of nitrogens with one attached hydrogen (secondary N) is 6. The summed E-state index contributed by atoms with van der Waals surface area (Å²) in [5.41, 5.74) is 16.6. The molecule has 0 spiro atoms. The number of imidazole rings is 5. The molecule has 0 unspecified atom stereocenters. The molecule has 0 aliphatic rings. The summed E-state index contributed by atoms with van der Waals surface area (Å²) < 4.78 is 116. The van der Waals surface area contributed by atoms with Crippen LogP contribution in [0.4, 0.5) is 39.2 Å². The molecule has 0 radical (unpaired) electrons. The van der Waals surface area contributed by atoms with E-state index in [0.29, 0.717) is 112 Å². The number of nitrogens with two attached hydrogens (primary N) is 2. The number of rotatable bonds is 28.